The van der Waals surface area contributed by atoms with E-state index in [9.17, 15) is 23.2 Å². The van der Waals surface area contributed by atoms with E-state index in [4.69, 9.17) is 4.74 Å². The number of benzene rings is 3. The predicted octanol–water partition coefficient (Wildman–Crippen LogP) is 4.07. The molecule has 6 nitrogen and oxygen atoms in total. The van der Waals surface area contributed by atoms with Gasteiger partial charge in [0.2, 0.25) is 0 Å². The first-order valence-electron chi connectivity index (χ1n) is 9.14. The molecule has 31 heavy (non-hydrogen) atoms. The number of rotatable bonds is 7. The summed E-state index contributed by atoms with van der Waals surface area (Å²) in [5, 5.41) is 2.05. The molecule has 3 rings (SSSR count). The van der Waals surface area contributed by atoms with Crippen LogP contribution in [0.3, 0.4) is 0 Å². The molecule has 0 unspecified atom stereocenters. The van der Waals surface area contributed by atoms with Crippen molar-refractivity contribution in [3.05, 3.63) is 90.0 Å². The quantitative estimate of drug-likeness (QED) is 0.577. The number of amides is 2. The molecule has 2 amide bonds. The maximum Gasteiger partial charge on any atom is 0.387 e. The summed E-state index contributed by atoms with van der Waals surface area (Å²) in [5.74, 6) is -2.43. The zero-order valence-corrected chi connectivity index (χ0v) is 16.1. The van der Waals surface area contributed by atoms with Gasteiger partial charge in [0.15, 0.2) is 6.61 Å². The second kappa shape index (κ2) is 10.1. The van der Waals surface area contributed by atoms with E-state index in [0.717, 1.165) is 11.1 Å². The van der Waals surface area contributed by atoms with Gasteiger partial charge in [-0.05, 0) is 47.5 Å². The van der Waals surface area contributed by atoms with Crippen molar-refractivity contribution in [2.45, 2.75) is 6.61 Å². The number of ether oxygens (including phenoxy) is 2. The number of esters is 1. The van der Waals surface area contributed by atoms with E-state index in [-0.39, 0.29) is 16.9 Å². The fourth-order valence-electron chi connectivity index (χ4n) is 2.67. The highest BCUT2D eigenvalue weighted by Crippen LogP contribution is 2.19. The zero-order valence-electron chi connectivity index (χ0n) is 16.1. The lowest BCUT2D eigenvalue weighted by Gasteiger charge is -2.08. The monoisotopic (exact) mass is 425 g/mol. The van der Waals surface area contributed by atoms with Crippen LogP contribution in [0.1, 0.15) is 20.7 Å². The Morgan fingerprint density at radius 1 is 0.774 bits per heavy atom. The number of carbonyl (C=O) groups excluding carboxylic acids is 3. The summed E-state index contributed by atoms with van der Waals surface area (Å²) in [7, 11) is 0. The number of imide groups is 1. The van der Waals surface area contributed by atoms with E-state index in [2.05, 4.69) is 4.74 Å². The van der Waals surface area contributed by atoms with Crippen molar-refractivity contribution in [2.75, 3.05) is 6.61 Å². The van der Waals surface area contributed by atoms with Crippen LogP contribution in [0, 0.1) is 0 Å². The summed E-state index contributed by atoms with van der Waals surface area (Å²) < 4.78 is 33.4. The number of alkyl halides is 2. The summed E-state index contributed by atoms with van der Waals surface area (Å²) >= 11 is 0. The average Bonchev–Trinajstić information content (AvgIpc) is 2.78. The number of hydrogen-bond acceptors (Lipinski definition) is 5. The van der Waals surface area contributed by atoms with Gasteiger partial charge >= 0.3 is 12.6 Å². The van der Waals surface area contributed by atoms with Crippen LogP contribution in [0.5, 0.6) is 5.75 Å². The molecule has 0 aliphatic heterocycles. The van der Waals surface area contributed by atoms with Crippen molar-refractivity contribution in [1.82, 2.24) is 5.32 Å². The lowest BCUT2D eigenvalue weighted by Crippen LogP contribution is -2.34. The molecule has 0 aromatic heterocycles. The molecule has 8 heteroatoms. The van der Waals surface area contributed by atoms with E-state index >= 15 is 0 Å². The van der Waals surface area contributed by atoms with Crippen molar-refractivity contribution < 1.29 is 32.6 Å². The minimum Gasteiger partial charge on any atom is -0.452 e. The molecule has 0 saturated heterocycles. The van der Waals surface area contributed by atoms with Crippen LogP contribution in [-0.4, -0.2) is 31.0 Å². The summed E-state index contributed by atoms with van der Waals surface area (Å²) in [5.41, 5.74) is 2.23. The third-order valence-corrected chi connectivity index (χ3v) is 4.16. The van der Waals surface area contributed by atoms with Gasteiger partial charge < -0.3 is 9.47 Å². The molecule has 0 radical (unpaired) electrons. The molecule has 0 heterocycles. The van der Waals surface area contributed by atoms with Crippen LogP contribution in [0.25, 0.3) is 11.1 Å². The van der Waals surface area contributed by atoms with Gasteiger partial charge in [0.1, 0.15) is 5.75 Å². The van der Waals surface area contributed by atoms with Gasteiger partial charge in [-0.15, -0.1) is 0 Å². The molecular formula is C23H17F2NO5. The molecule has 0 spiro atoms. The summed E-state index contributed by atoms with van der Waals surface area (Å²) in [4.78, 5) is 36.0. The molecule has 0 saturated carbocycles. The maximum atomic E-state index is 12.1. The fraction of sp³-hybridized carbons (Fsp3) is 0.0870. The van der Waals surface area contributed by atoms with Gasteiger partial charge in [0.05, 0.1) is 5.56 Å². The number of halogens is 2. The largest absolute Gasteiger partial charge is 0.452 e. The van der Waals surface area contributed by atoms with Crippen LogP contribution >= 0.6 is 0 Å². The summed E-state index contributed by atoms with van der Waals surface area (Å²) in [6, 6.07) is 21.1. The van der Waals surface area contributed by atoms with Crippen LogP contribution in [0.4, 0.5) is 8.78 Å². The Kier molecular flexibility index (Phi) is 7.05. The number of nitrogens with one attached hydrogen (secondary N) is 1. The van der Waals surface area contributed by atoms with Crippen LogP contribution in [-0.2, 0) is 9.53 Å². The Morgan fingerprint density at radius 2 is 1.35 bits per heavy atom. The highest BCUT2D eigenvalue weighted by molar-refractivity contribution is 6.05. The highest BCUT2D eigenvalue weighted by atomic mass is 19.3. The van der Waals surface area contributed by atoms with Crippen molar-refractivity contribution in [2.24, 2.45) is 0 Å². The fourth-order valence-corrected chi connectivity index (χ4v) is 2.67. The van der Waals surface area contributed by atoms with Crippen LogP contribution in [0.15, 0.2) is 78.9 Å². The molecule has 0 bridgehead atoms. The molecular weight excluding hydrogens is 408 g/mol. The molecule has 158 valence electrons. The van der Waals surface area contributed by atoms with Crippen molar-refractivity contribution in [3.63, 3.8) is 0 Å². The lowest BCUT2D eigenvalue weighted by molar-refractivity contribution is -0.123. The van der Waals surface area contributed by atoms with Crippen molar-refractivity contribution in [3.8, 4) is 16.9 Å². The zero-order chi connectivity index (χ0) is 22.2. The SMILES string of the molecule is O=C(COC(=O)c1ccc(-c2ccccc2)cc1)NC(=O)c1ccc(OC(F)F)cc1. The van der Waals surface area contributed by atoms with Crippen molar-refractivity contribution in [1.29, 1.82) is 0 Å². The van der Waals surface area contributed by atoms with E-state index in [1.807, 2.05) is 35.6 Å². The van der Waals surface area contributed by atoms with Gasteiger partial charge in [-0.2, -0.15) is 8.78 Å². The molecule has 0 atom stereocenters. The van der Waals surface area contributed by atoms with Crippen molar-refractivity contribution >= 4 is 17.8 Å². The molecule has 1 N–H and O–H groups in total. The first-order chi connectivity index (χ1) is 14.9. The standard InChI is InChI=1S/C23H17F2NO5/c24-23(25)31-19-12-10-17(11-13-19)21(28)26-20(27)14-30-22(29)18-8-6-16(7-9-18)15-4-2-1-3-5-15/h1-13,23H,14H2,(H,26,27,28). The maximum absolute atomic E-state index is 12.1. The normalized spacial score (nSPS) is 10.4. The third kappa shape index (κ3) is 6.20. The van der Waals surface area contributed by atoms with Gasteiger partial charge in [0, 0.05) is 5.56 Å². The molecule has 0 aliphatic rings. The van der Waals surface area contributed by atoms with Gasteiger partial charge in [-0.1, -0.05) is 42.5 Å². The molecule has 3 aromatic carbocycles. The van der Waals surface area contributed by atoms with Gasteiger partial charge in [-0.25, -0.2) is 4.79 Å². The second-order valence-corrected chi connectivity index (χ2v) is 6.30. The molecule has 0 aliphatic carbocycles. The Balaban J connectivity index is 1.49. The first-order valence-corrected chi connectivity index (χ1v) is 9.14. The van der Waals surface area contributed by atoms with E-state index < -0.39 is 31.0 Å². The Labute approximate surface area is 176 Å². The minimum absolute atomic E-state index is 0.0535. The van der Waals surface area contributed by atoms with Gasteiger partial charge in [-0.3, -0.25) is 14.9 Å². The van der Waals surface area contributed by atoms with Crippen LogP contribution in [0.2, 0.25) is 0 Å². The van der Waals surface area contributed by atoms with Crippen LogP contribution < -0.4 is 10.1 Å². The lowest BCUT2D eigenvalue weighted by atomic mass is 10.0. The minimum atomic E-state index is -2.98. The third-order valence-electron chi connectivity index (χ3n) is 4.16. The summed E-state index contributed by atoms with van der Waals surface area (Å²) in [6.07, 6.45) is 0. The van der Waals surface area contributed by atoms with E-state index in [1.165, 1.54) is 24.3 Å². The van der Waals surface area contributed by atoms with Gasteiger partial charge in [0.25, 0.3) is 11.8 Å². The Hall–Kier alpha value is -4.07. The topological polar surface area (TPSA) is 81.7 Å². The Bertz CT molecular complexity index is 1050. The second-order valence-electron chi connectivity index (χ2n) is 6.30. The smallest absolute Gasteiger partial charge is 0.387 e. The number of carbonyl (C=O) groups is 3. The average molecular weight is 425 g/mol. The summed E-state index contributed by atoms with van der Waals surface area (Å²) in [6.45, 7) is -3.64. The van der Waals surface area contributed by atoms with E-state index in [1.54, 1.807) is 24.3 Å². The van der Waals surface area contributed by atoms with E-state index in [0.29, 0.717) is 0 Å². The predicted molar refractivity (Wildman–Crippen MR) is 108 cm³/mol. The number of hydrogen-bond donors (Lipinski definition) is 1. The molecule has 3 aromatic rings. The highest BCUT2D eigenvalue weighted by Gasteiger charge is 2.14. The molecule has 0 fully saturated rings. The Morgan fingerprint density at radius 3 is 1.97 bits per heavy atom. The first kappa shape index (κ1) is 21.6.